The van der Waals surface area contributed by atoms with E-state index in [1.165, 1.54) is 0 Å². The van der Waals surface area contributed by atoms with Gasteiger partial charge in [0.25, 0.3) is 0 Å². The van der Waals surface area contributed by atoms with Crippen LogP contribution in [0.3, 0.4) is 0 Å². The van der Waals surface area contributed by atoms with E-state index in [4.69, 9.17) is 4.89 Å². The van der Waals surface area contributed by atoms with Gasteiger partial charge in [-0.1, -0.05) is 24.3 Å². The largest absolute Gasteiger partial charge is 0.346 e. The molecule has 0 spiro atoms. The van der Waals surface area contributed by atoms with Crippen LogP contribution < -0.4 is 0 Å². The minimum absolute atomic E-state index is 0.303. The van der Waals surface area contributed by atoms with Crippen LogP contribution in [0.1, 0.15) is 11.1 Å². The van der Waals surface area contributed by atoms with Gasteiger partial charge in [-0.05, 0) is 18.1 Å². The molecule has 0 saturated heterocycles. The molecule has 0 radical (unpaired) electrons. The Hall–Kier alpha value is -0.590. The molecule has 1 atom stereocenters. The Morgan fingerprint density at radius 1 is 1.45 bits per heavy atom. The lowest BCUT2D eigenvalue weighted by Gasteiger charge is -2.00. The van der Waals surface area contributed by atoms with Crippen molar-refractivity contribution >= 4 is 8.03 Å². The molecule has 1 rings (SSSR count). The molecule has 0 bridgehead atoms. The highest BCUT2D eigenvalue weighted by atomic mass is 31.1. The minimum atomic E-state index is -2.36. The van der Waals surface area contributed by atoms with E-state index in [0.717, 1.165) is 11.1 Å². The molecule has 3 heteroatoms. The maximum absolute atomic E-state index is 10.5. The van der Waals surface area contributed by atoms with E-state index in [9.17, 15) is 4.57 Å². The average Bonchev–Trinajstić information content (AvgIpc) is 1.93. The van der Waals surface area contributed by atoms with E-state index in [-0.39, 0.29) is 0 Å². The first kappa shape index (κ1) is 8.51. The molecule has 2 nitrogen and oxygen atoms in total. The SMILES string of the molecule is Cc1ccccc1C[PH](=O)O. The van der Waals surface area contributed by atoms with E-state index in [1.54, 1.807) is 0 Å². The van der Waals surface area contributed by atoms with Crippen LogP contribution >= 0.6 is 8.03 Å². The number of benzene rings is 1. The second-order valence-electron chi connectivity index (χ2n) is 2.50. The normalized spacial score (nSPS) is 12.9. The molecule has 1 aromatic rings. The molecule has 0 fully saturated rings. The summed E-state index contributed by atoms with van der Waals surface area (Å²) in [7, 11) is -2.36. The predicted molar refractivity (Wildman–Crippen MR) is 46.1 cm³/mol. The molecule has 0 amide bonds. The number of hydrogen-bond donors (Lipinski definition) is 1. The molecule has 0 aliphatic carbocycles. The highest BCUT2D eigenvalue weighted by Crippen LogP contribution is 2.22. The van der Waals surface area contributed by atoms with Crippen molar-refractivity contribution in [3.05, 3.63) is 35.4 Å². The van der Waals surface area contributed by atoms with E-state index >= 15 is 0 Å². The molecule has 0 aliphatic heterocycles. The number of hydrogen-bond acceptors (Lipinski definition) is 1. The predicted octanol–water partition coefficient (Wildman–Crippen LogP) is 1.96. The zero-order valence-electron chi connectivity index (χ0n) is 6.37. The summed E-state index contributed by atoms with van der Waals surface area (Å²) in [5, 5.41) is 0. The monoisotopic (exact) mass is 170 g/mol. The van der Waals surface area contributed by atoms with Crippen LogP contribution in [0.15, 0.2) is 24.3 Å². The second-order valence-corrected chi connectivity index (χ2v) is 3.64. The highest BCUT2D eigenvalue weighted by molar-refractivity contribution is 7.37. The zero-order valence-corrected chi connectivity index (χ0v) is 7.37. The molecule has 0 heterocycles. The summed E-state index contributed by atoms with van der Waals surface area (Å²) < 4.78 is 10.5. The van der Waals surface area contributed by atoms with Gasteiger partial charge in [-0.3, -0.25) is 4.57 Å². The van der Waals surface area contributed by atoms with E-state index in [0.29, 0.717) is 6.16 Å². The van der Waals surface area contributed by atoms with Crippen LogP contribution in [0.2, 0.25) is 0 Å². The van der Waals surface area contributed by atoms with Crippen molar-refractivity contribution in [3.63, 3.8) is 0 Å². The van der Waals surface area contributed by atoms with Gasteiger partial charge in [0.05, 0.1) is 0 Å². The standard InChI is InChI=1S/C8H11O2P/c1-7-4-2-3-5-8(7)6-11(9)10/h2-5,11H,6H2,1H3,(H,9,10). The van der Waals surface area contributed by atoms with E-state index < -0.39 is 8.03 Å². The van der Waals surface area contributed by atoms with Gasteiger partial charge in [-0.25, -0.2) is 0 Å². The third-order valence-corrected chi connectivity index (χ3v) is 2.29. The molecule has 1 N–H and O–H groups in total. The Morgan fingerprint density at radius 3 is 2.64 bits per heavy atom. The molecule has 0 aliphatic rings. The van der Waals surface area contributed by atoms with Crippen LogP contribution in [-0.2, 0) is 10.7 Å². The Kier molecular flexibility index (Phi) is 2.86. The summed E-state index contributed by atoms with van der Waals surface area (Å²) in [6.07, 6.45) is 0.303. The highest BCUT2D eigenvalue weighted by Gasteiger charge is 1.98. The van der Waals surface area contributed by atoms with Gasteiger partial charge < -0.3 is 4.89 Å². The van der Waals surface area contributed by atoms with Crippen LogP contribution in [0.4, 0.5) is 0 Å². The van der Waals surface area contributed by atoms with Crippen LogP contribution in [0, 0.1) is 6.92 Å². The third-order valence-electron chi connectivity index (χ3n) is 1.60. The van der Waals surface area contributed by atoms with Gasteiger partial charge in [-0.15, -0.1) is 0 Å². The Labute approximate surface area is 66.7 Å². The smallest absolute Gasteiger partial charge is 0.193 e. The van der Waals surface area contributed by atoms with Crippen molar-refractivity contribution in [1.29, 1.82) is 0 Å². The third kappa shape index (κ3) is 2.49. The molecule has 11 heavy (non-hydrogen) atoms. The Morgan fingerprint density at radius 2 is 2.09 bits per heavy atom. The lowest BCUT2D eigenvalue weighted by molar-refractivity contribution is 0.502. The van der Waals surface area contributed by atoms with Gasteiger partial charge >= 0.3 is 0 Å². The van der Waals surface area contributed by atoms with Gasteiger partial charge in [0.15, 0.2) is 8.03 Å². The summed E-state index contributed by atoms with van der Waals surface area (Å²) in [5.74, 6) is 0. The van der Waals surface area contributed by atoms with Crippen molar-refractivity contribution in [2.24, 2.45) is 0 Å². The van der Waals surface area contributed by atoms with Crippen molar-refractivity contribution in [2.75, 3.05) is 0 Å². The first-order valence-corrected chi connectivity index (χ1v) is 5.02. The fourth-order valence-electron chi connectivity index (χ4n) is 0.971. The Bertz CT molecular complexity index is 271. The first-order chi connectivity index (χ1) is 5.20. The fraction of sp³-hybridized carbons (Fsp3) is 0.250. The van der Waals surface area contributed by atoms with Gasteiger partial charge in [0.2, 0.25) is 0 Å². The molecular weight excluding hydrogens is 159 g/mol. The molecule has 0 aromatic heterocycles. The average molecular weight is 170 g/mol. The van der Waals surface area contributed by atoms with Crippen LogP contribution in [0.5, 0.6) is 0 Å². The van der Waals surface area contributed by atoms with Crippen molar-refractivity contribution in [1.82, 2.24) is 0 Å². The Balaban J connectivity index is 2.86. The first-order valence-electron chi connectivity index (χ1n) is 3.46. The lowest BCUT2D eigenvalue weighted by Crippen LogP contribution is -1.83. The summed E-state index contributed by atoms with van der Waals surface area (Å²) in [6, 6.07) is 7.63. The van der Waals surface area contributed by atoms with Crippen molar-refractivity contribution < 1.29 is 9.46 Å². The van der Waals surface area contributed by atoms with E-state index in [2.05, 4.69) is 0 Å². The lowest BCUT2D eigenvalue weighted by atomic mass is 10.1. The van der Waals surface area contributed by atoms with Crippen molar-refractivity contribution in [3.8, 4) is 0 Å². The van der Waals surface area contributed by atoms with Gasteiger partial charge in [-0.2, -0.15) is 0 Å². The van der Waals surface area contributed by atoms with Gasteiger partial charge in [0, 0.05) is 6.16 Å². The molecule has 0 saturated carbocycles. The summed E-state index contributed by atoms with van der Waals surface area (Å²) in [4.78, 5) is 8.68. The molecule has 1 aromatic carbocycles. The summed E-state index contributed by atoms with van der Waals surface area (Å²) >= 11 is 0. The van der Waals surface area contributed by atoms with Crippen molar-refractivity contribution in [2.45, 2.75) is 13.1 Å². The number of rotatable bonds is 2. The van der Waals surface area contributed by atoms with Gasteiger partial charge in [0.1, 0.15) is 0 Å². The van der Waals surface area contributed by atoms with Crippen LogP contribution in [-0.4, -0.2) is 4.89 Å². The summed E-state index contributed by atoms with van der Waals surface area (Å²) in [6.45, 7) is 1.94. The quantitative estimate of drug-likeness (QED) is 0.689. The van der Waals surface area contributed by atoms with Crippen LogP contribution in [0.25, 0.3) is 0 Å². The molecular formula is C8H11O2P. The summed E-state index contributed by atoms with van der Waals surface area (Å²) in [5.41, 5.74) is 2.05. The fourth-order valence-corrected chi connectivity index (χ4v) is 1.69. The minimum Gasteiger partial charge on any atom is -0.346 e. The zero-order chi connectivity index (χ0) is 8.27. The van der Waals surface area contributed by atoms with E-state index in [1.807, 2.05) is 31.2 Å². The molecule has 1 unspecified atom stereocenters. The maximum Gasteiger partial charge on any atom is 0.193 e. The number of aryl methyl sites for hydroxylation is 1. The molecule has 60 valence electrons. The topological polar surface area (TPSA) is 37.3 Å². The second kappa shape index (κ2) is 3.70. The maximum atomic E-state index is 10.5.